The first-order chi connectivity index (χ1) is 27.1. The Morgan fingerprint density at radius 3 is 0.583 bits per heavy atom. The Kier molecular flexibility index (Phi) is 13.3. The Morgan fingerprint density at radius 1 is 0.283 bits per heavy atom. The number of rotatable bonds is 8. The van der Waals surface area contributed by atoms with Crippen LogP contribution in [0.25, 0.3) is 0 Å². The summed E-state index contributed by atoms with van der Waals surface area (Å²) in [6, 6.07) is 0. The van der Waals surface area contributed by atoms with E-state index in [0.717, 1.165) is 0 Å². The van der Waals surface area contributed by atoms with Gasteiger partial charge in [-0.1, -0.05) is 0 Å². The molecule has 4 aromatic rings. The fourth-order valence-electron chi connectivity index (χ4n) is 3.83. The van der Waals surface area contributed by atoms with Crippen molar-refractivity contribution in [2.24, 2.45) is 0 Å². The quantitative estimate of drug-likeness (QED) is 0.0450. The molecule has 0 fully saturated rings. The van der Waals surface area contributed by atoms with Crippen LogP contribution in [-0.4, -0.2) is 22.8 Å². The van der Waals surface area contributed by atoms with Crippen LogP contribution < -0.4 is 41.9 Å². The highest BCUT2D eigenvalue weighted by atomic mass is 35.5. The van der Waals surface area contributed by atoms with Crippen molar-refractivity contribution in [2.75, 3.05) is 22.9 Å². The fourth-order valence-corrected chi connectivity index (χ4v) is 4.14. The molecule has 0 bridgehead atoms. The summed E-state index contributed by atoms with van der Waals surface area (Å²) in [6.45, 7) is 0. The first-order valence-electron chi connectivity index (χ1n) is 13.8. The number of halogens is 24. The van der Waals surface area contributed by atoms with Gasteiger partial charge in [0.1, 0.15) is 22.7 Å². The van der Waals surface area contributed by atoms with Crippen LogP contribution in [0.15, 0.2) is 0 Å². The van der Waals surface area contributed by atoms with E-state index in [1.807, 2.05) is 0 Å². The maximum Gasteiger partial charge on any atom is 0.478 e. The topological polar surface area (TPSA) is 141 Å². The van der Waals surface area contributed by atoms with E-state index in [-0.39, 0.29) is 0 Å². The highest BCUT2D eigenvalue weighted by Crippen LogP contribution is 2.50. The van der Waals surface area contributed by atoms with Gasteiger partial charge in [-0.15, -0.1) is 0 Å². The van der Waals surface area contributed by atoms with Crippen LogP contribution >= 0.6 is 23.2 Å². The summed E-state index contributed by atoms with van der Waals surface area (Å²) in [7, 11) is 0. The molecule has 0 radical (unpaired) electrons. The minimum absolute atomic E-state index is 1.56. The molecule has 4 rings (SSSR count). The summed E-state index contributed by atoms with van der Waals surface area (Å²) in [4.78, 5) is 0. The molecule has 60 heavy (non-hydrogen) atoms. The molecule has 8 nitrogen and oxygen atoms in total. The van der Waals surface area contributed by atoms with Gasteiger partial charge >= 0.3 is 22.8 Å². The summed E-state index contributed by atoms with van der Waals surface area (Å²) in [5, 5.41) is 0. The molecule has 0 heterocycles. The first kappa shape index (κ1) is 48.7. The number of nitrogen functional groups attached to an aromatic ring is 4. The maximum absolute atomic E-state index is 13.8. The fraction of sp³-hybridized carbons (Fsp3) is 0.143. The first-order valence-corrected chi connectivity index (χ1v) is 14.6. The third-order valence-corrected chi connectivity index (χ3v) is 7.02. The van der Waals surface area contributed by atoms with E-state index in [1.165, 1.54) is 0 Å². The number of hydrogen-bond acceptors (Lipinski definition) is 8. The van der Waals surface area contributed by atoms with Crippen molar-refractivity contribution >= 4 is 46.0 Å². The van der Waals surface area contributed by atoms with Gasteiger partial charge in [-0.25, -0.2) is 35.1 Å². The van der Waals surface area contributed by atoms with Gasteiger partial charge in [0.15, 0.2) is 46.5 Å². The molecule has 0 aliphatic rings. The molecule has 0 spiro atoms. The van der Waals surface area contributed by atoms with Gasteiger partial charge in [-0.05, 0) is 23.2 Å². The molecule has 4 aromatic carbocycles. The molecule has 0 aliphatic heterocycles. The van der Waals surface area contributed by atoms with E-state index in [2.05, 4.69) is 30.4 Å². The SMILES string of the molecule is Nc1c(F)c(F)c(OC(Cl)(Cl)Oc2c(F)c(F)c(N)c(F)c2F)c(F)c1F.Nc1c(F)c(F)c(OC(Oc2c(F)c(F)c(N)c(F)c2F)(C(F)(F)F)C(F)(F)F)c(F)c1F. The zero-order valence-corrected chi connectivity index (χ0v) is 28.5. The Bertz CT molecular complexity index is 2100. The van der Waals surface area contributed by atoms with Gasteiger partial charge in [0, 0.05) is 0 Å². The third-order valence-electron chi connectivity index (χ3n) is 6.71. The molecule has 0 saturated carbocycles. The molecule has 0 unspecified atom stereocenters. The second-order valence-corrected chi connectivity index (χ2v) is 11.7. The third kappa shape index (κ3) is 8.37. The molecule has 332 valence electrons. The Morgan fingerprint density at radius 2 is 0.433 bits per heavy atom. The summed E-state index contributed by atoms with van der Waals surface area (Å²) < 4.78 is 309. The van der Waals surface area contributed by atoms with Crippen molar-refractivity contribution in [2.45, 2.75) is 22.8 Å². The van der Waals surface area contributed by atoms with Crippen molar-refractivity contribution in [3.05, 3.63) is 93.1 Å². The second-order valence-electron chi connectivity index (χ2n) is 10.5. The number of alkyl halides is 8. The van der Waals surface area contributed by atoms with E-state index < -0.39 is 162 Å². The van der Waals surface area contributed by atoms with Gasteiger partial charge in [-0.2, -0.15) is 61.5 Å². The number of anilines is 4. The maximum atomic E-state index is 13.8. The van der Waals surface area contributed by atoms with Crippen molar-refractivity contribution < 1.29 is 116 Å². The molecule has 0 atom stereocenters. The average molecular weight is 953 g/mol. The Balaban J connectivity index is 0.000000327. The molecular formula is C28H8Cl2F22N4O4. The highest BCUT2D eigenvalue weighted by molar-refractivity contribution is 6.46. The Hall–Kier alpha value is -5.68. The normalized spacial score (nSPS) is 12.3. The highest BCUT2D eigenvalue weighted by Gasteiger charge is 2.78. The lowest BCUT2D eigenvalue weighted by Crippen LogP contribution is -2.65. The largest absolute Gasteiger partial charge is 0.478 e. The summed E-state index contributed by atoms with van der Waals surface area (Å²) in [5.74, 6) is -57.3. The molecule has 8 N–H and O–H groups in total. The predicted molar refractivity (Wildman–Crippen MR) is 155 cm³/mol. The smallest absolute Gasteiger partial charge is 0.431 e. The van der Waals surface area contributed by atoms with Crippen molar-refractivity contribution in [3.63, 3.8) is 0 Å². The van der Waals surface area contributed by atoms with Crippen LogP contribution in [0.2, 0.25) is 0 Å². The molecule has 0 saturated heterocycles. The lowest BCUT2D eigenvalue weighted by atomic mass is 10.2. The molecule has 32 heteroatoms. The predicted octanol–water partition coefficient (Wildman–Crippen LogP) is 9.75. The second kappa shape index (κ2) is 16.4. The number of benzene rings is 4. The number of ether oxygens (including phenoxy) is 4. The molecule has 0 aliphatic carbocycles. The average Bonchev–Trinajstić information content (AvgIpc) is 3.16. The minimum atomic E-state index is -7.15. The molecular weight excluding hydrogens is 945 g/mol. The zero-order valence-electron chi connectivity index (χ0n) is 27.0. The molecule has 0 aromatic heterocycles. The van der Waals surface area contributed by atoms with Crippen molar-refractivity contribution in [3.8, 4) is 23.0 Å². The molecule has 0 amide bonds. The summed E-state index contributed by atoms with van der Waals surface area (Å²) >= 11 is 10.6. The minimum Gasteiger partial charge on any atom is -0.431 e. The summed E-state index contributed by atoms with van der Waals surface area (Å²) in [6.07, 6.45) is -14.3. The number of nitrogens with two attached hydrogens (primary N) is 4. The summed E-state index contributed by atoms with van der Waals surface area (Å²) in [5.41, 5.74) is 11.4. The van der Waals surface area contributed by atoms with Crippen molar-refractivity contribution in [1.82, 2.24) is 0 Å². The van der Waals surface area contributed by atoms with Gasteiger partial charge in [0.25, 0.3) is 0 Å². The monoisotopic (exact) mass is 952 g/mol. The van der Waals surface area contributed by atoms with E-state index >= 15 is 0 Å². The van der Waals surface area contributed by atoms with Gasteiger partial charge in [0.2, 0.25) is 69.5 Å². The van der Waals surface area contributed by atoms with E-state index in [9.17, 15) is 96.6 Å². The van der Waals surface area contributed by atoms with Crippen LogP contribution in [0, 0.1) is 93.1 Å². The van der Waals surface area contributed by atoms with Crippen LogP contribution in [0.4, 0.5) is 119 Å². The van der Waals surface area contributed by atoms with E-state index in [0.29, 0.717) is 0 Å². The van der Waals surface area contributed by atoms with Crippen LogP contribution in [0.3, 0.4) is 0 Å². The van der Waals surface area contributed by atoms with Gasteiger partial charge < -0.3 is 41.9 Å². The van der Waals surface area contributed by atoms with Crippen LogP contribution in [0.5, 0.6) is 23.0 Å². The lowest BCUT2D eigenvalue weighted by molar-refractivity contribution is -0.423. The van der Waals surface area contributed by atoms with E-state index in [1.54, 1.807) is 0 Å². The lowest BCUT2D eigenvalue weighted by Gasteiger charge is -2.36. The number of hydrogen-bond donors (Lipinski definition) is 4. The zero-order chi connectivity index (χ0) is 46.7. The van der Waals surface area contributed by atoms with Crippen molar-refractivity contribution in [1.29, 1.82) is 0 Å². The standard InChI is InChI=1S/C15H4F14N2O2.C13H4Cl2F8N2O2/c16-1-5(20)11(6(21)2(17)9(1)30)32-13(14(24,25)26,15(27,28)29)33-12-7(22)3(18)10(31)4(19)8(12)23;14-13(15,26-11-5(20)1(16)9(24)2(17)6(11)21)27-12-7(22)3(18)10(25)4(19)8(12)23/h30-31H2;24-25H2. The Labute approximate surface area is 323 Å². The van der Waals surface area contributed by atoms with E-state index in [4.69, 9.17) is 34.7 Å². The van der Waals surface area contributed by atoms with Crippen LogP contribution in [0.1, 0.15) is 0 Å². The van der Waals surface area contributed by atoms with Gasteiger partial charge in [0.05, 0.1) is 0 Å². The van der Waals surface area contributed by atoms with Crippen LogP contribution in [-0.2, 0) is 0 Å². The van der Waals surface area contributed by atoms with Gasteiger partial charge in [-0.3, -0.25) is 0 Å².